The first-order valence-corrected chi connectivity index (χ1v) is 11.8. The normalized spacial score (nSPS) is 12.3. The van der Waals surface area contributed by atoms with Crippen molar-refractivity contribution in [1.82, 2.24) is 28.9 Å². The SMILES string of the molecule is Cn1c(=O)c(-c2ccc(Cl)cc2)c(-c2cnc(C(F)(F)F)c(F)c2)c2nn(Cc3ccc(C(F)(F)F)nc3)c(=O)n21. The van der Waals surface area contributed by atoms with Crippen molar-refractivity contribution in [3.8, 4) is 22.3 Å². The molecule has 0 N–H and O–H groups in total. The zero-order valence-corrected chi connectivity index (χ0v) is 21.2. The van der Waals surface area contributed by atoms with Gasteiger partial charge in [-0.2, -0.15) is 30.9 Å². The summed E-state index contributed by atoms with van der Waals surface area (Å²) in [6, 6.07) is 8.09. The van der Waals surface area contributed by atoms with E-state index < -0.39 is 40.8 Å². The summed E-state index contributed by atoms with van der Waals surface area (Å²) in [4.78, 5) is 33.4. The average Bonchev–Trinajstić information content (AvgIpc) is 3.21. The van der Waals surface area contributed by atoms with Crippen LogP contribution in [0.15, 0.2) is 64.4 Å². The Kier molecular flexibility index (Phi) is 6.72. The fourth-order valence-electron chi connectivity index (χ4n) is 4.20. The molecule has 5 aromatic rings. The maximum Gasteiger partial charge on any atom is 0.436 e. The van der Waals surface area contributed by atoms with Gasteiger partial charge < -0.3 is 0 Å². The number of fused-ring (bicyclic) bond motifs is 1. The van der Waals surface area contributed by atoms with Crippen LogP contribution in [0.25, 0.3) is 27.9 Å². The van der Waals surface area contributed by atoms with Crippen LogP contribution in [0, 0.1) is 5.82 Å². The standard InChI is InChI=1S/C25H14ClF7N6O2/c1-37-22(40)19(13-3-5-15(26)6-4-13)18(14-8-16(27)20(35-10-14)25(31,32)33)21-36-38(23(41)39(21)37)11-12-2-7-17(34-9-12)24(28,29)30/h2-10H,11H2,1H3. The lowest BCUT2D eigenvalue weighted by Gasteiger charge is -2.14. The Balaban J connectivity index is 1.78. The highest BCUT2D eigenvalue weighted by atomic mass is 35.5. The van der Waals surface area contributed by atoms with Crippen LogP contribution >= 0.6 is 11.6 Å². The second kappa shape index (κ2) is 9.83. The topological polar surface area (TPSA) is 87.1 Å². The van der Waals surface area contributed by atoms with E-state index in [0.29, 0.717) is 23.4 Å². The van der Waals surface area contributed by atoms with Crippen molar-refractivity contribution in [2.24, 2.45) is 7.05 Å². The van der Waals surface area contributed by atoms with Gasteiger partial charge in [0.25, 0.3) is 5.56 Å². The second-order valence-electron chi connectivity index (χ2n) is 8.76. The fraction of sp³-hybridized carbons (Fsp3) is 0.160. The molecule has 16 heteroatoms. The van der Waals surface area contributed by atoms with Crippen molar-refractivity contribution in [2.45, 2.75) is 18.9 Å². The number of aromatic nitrogens is 6. The molecule has 5 rings (SSSR count). The van der Waals surface area contributed by atoms with Crippen LogP contribution < -0.4 is 11.2 Å². The average molecular weight is 599 g/mol. The first kappa shape index (κ1) is 28.0. The minimum atomic E-state index is -5.10. The van der Waals surface area contributed by atoms with Gasteiger partial charge in [-0.25, -0.2) is 23.5 Å². The van der Waals surface area contributed by atoms with Crippen LogP contribution in [0.2, 0.25) is 5.02 Å². The van der Waals surface area contributed by atoms with Gasteiger partial charge in [-0.1, -0.05) is 29.8 Å². The first-order chi connectivity index (χ1) is 19.2. The van der Waals surface area contributed by atoms with Gasteiger partial charge in [0, 0.05) is 35.6 Å². The number of aryl methyl sites for hydroxylation is 1. The molecular weight excluding hydrogens is 585 g/mol. The number of nitrogens with zero attached hydrogens (tertiary/aromatic N) is 6. The zero-order chi connectivity index (χ0) is 29.9. The molecule has 1 aromatic carbocycles. The molecule has 0 aliphatic rings. The zero-order valence-electron chi connectivity index (χ0n) is 20.4. The van der Waals surface area contributed by atoms with E-state index in [2.05, 4.69) is 15.1 Å². The molecule has 0 amide bonds. The number of alkyl halides is 6. The van der Waals surface area contributed by atoms with Gasteiger partial charge in [0.1, 0.15) is 5.69 Å². The predicted molar refractivity (Wildman–Crippen MR) is 132 cm³/mol. The smallest absolute Gasteiger partial charge is 0.267 e. The third-order valence-electron chi connectivity index (χ3n) is 6.08. The van der Waals surface area contributed by atoms with Gasteiger partial charge in [-0.15, -0.1) is 5.10 Å². The van der Waals surface area contributed by atoms with Gasteiger partial charge in [-0.05, 0) is 35.4 Å². The maximum absolute atomic E-state index is 14.6. The van der Waals surface area contributed by atoms with Crippen LogP contribution in [0.5, 0.6) is 0 Å². The Labute approximate surface area is 228 Å². The molecule has 0 unspecified atom stereocenters. The minimum absolute atomic E-state index is 0.147. The maximum atomic E-state index is 14.6. The summed E-state index contributed by atoms with van der Waals surface area (Å²) in [5, 5.41) is 4.53. The molecule has 0 aliphatic carbocycles. The van der Waals surface area contributed by atoms with Crippen molar-refractivity contribution in [3.05, 3.63) is 103 Å². The third kappa shape index (κ3) is 5.08. The summed E-state index contributed by atoms with van der Waals surface area (Å²) in [5.74, 6) is -1.73. The number of rotatable bonds is 4. The van der Waals surface area contributed by atoms with Gasteiger partial charge >= 0.3 is 18.0 Å². The molecule has 0 saturated heterocycles. The Morgan fingerprint density at radius 1 is 0.854 bits per heavy atom. The predicted octanol–water partition coefficient (Wildman–Crippen LogP) is 5.20. The summed E-state index contributed by atoms with van der Waals surface area (Å²) < 4.78 is 95.4. The molecule has 0 atom stereocenters. The molecular formula is C25H14ClF7N6O2. The lowest BCUT2D eigenvalue weighted by molar-refractivity contribution is -0.143. The lowest BCUT2D eigenvalue weighted by atomic mass is 9.97. The van der Waals surface area contributed by atoms with Crippen LogP contribution in [0.3, 0.4) is 0 Å². The Bertz CT molecular complexity index is 1910. The minimum Gasteiger partial charge on any atom is -0.267 e. The Hall–Kier alpha value is -4.53. The molecule has 0 radical (unpaired) electrons. The molecule has 4 aromatic heterocycles. The van der Waals surface area contributed by atoms with E-state index in [0.717, 1.165) is 26.1 Å². The van der Waals surface area contributed by atoms with Gasteiger partial charge in [0.2, 0.25) is 0 Å². The molecule has 0 fully saturated rings. The van der Waals surface area contributed by atoms with Crippen molar-refractivity contribution in [2.75, 3.05) is 0 Å². The largest absolute Gasteiger partial charge is 0.436 e. The number of hydrogen-bond donors (Lipinski definition) is 0. The van der Waals surface area contributed by atoms with E-state index in [-0.39, 0.29) is 40.0 Å². The van der Waals surface area contributed by atoms with E-state index in [1.165, 1.54) is 31.3 Å². The summed E-state index contributed by atoms with van der Waals surface area (Å²) in [6.45, 7) is -0.380. The van der Waals surface area contributed by atoms with Crippen LogP contribution in [-0.2, 0) is 25.9 Å². The van der Waals surface area contributed by atoms with E-state index in [1.54, 1.807) is 0 Å². The molecule has 4 heterocycles. The molecule has 0 saturated carbocycles. The highest BCUT2D eigenvalue weighted by Crippen LogP contribution is 2.36. The van der Waals surface area contributed by atoms with E-state index in [9.17, 15) is 40.3 Å². The number of halogens is 8. The van der Waals surface area contributed by atoms with Crippen LogP contribution in [-0.4, -0.2) is 28.9 Å². The Morgan fingerprint density at radius 3 is 2.10 bits per heavy atom. The van der Waals surface area contributed by atoms with Crippen LogP contribution in [0.4, 0.5) is 30.7 Å². The summed E-state index contributed by atoms with van der Waals surface area (Å²) in [5.41, 5.74) is -5.19. The summed E-state index contributed by atoms with van der Waals surface area (Å²) >= 11 is 5.96. The third-order valence-corrected chi connectivity index (χ3v) is 6.33. The lowest BCUT2D eigenvalue weighted by Crippen LogP contribution is -2.33. The van der Waals surface area contributed by atoms with E-state index in [1.807, 2.05) is 0 Å². The van der Waals surface area contributed by atoms with Crippen molar-refractivity contribution in [1.29, 1.82) is 0 Å². The molecule has 0 bridgehead atoms. The van der Waals surface area contributed by atoms with Crippen molar-refractivity contribution in [3.63, 3.8) is 0 Å². The fourth-order valence-corrected chi connectivity index (χ4v) is 4.33. The Morgan fingerprint density at radius 2 is 1.54 bits per heavy atom. The molecule has 0 aliphatic heterocycles. The quantitative estimate of drug-likeness (QED) is 0.266. The number of benzene rings is 1. The van der Waals surface area contributed by atoms with E-state index >= 15 is 0 Å². The van der Waals surface area contributed by atoms with Gasteiger partial charge in [0.05, 0.1) is 12.1 Å². The van der Waals surface area contributed by atoms with Crippen LogP contribution in [0.1, 0.15) is 17.0 Å². The molecule has 212 valence electrons. The summed E-state index contributed by atoms with van der Waals surface area (Å²) in [7, 11) is 1.23. The number of pyridine rings is 2. The van der Waals surface area contributed by atoms with E-state index in [4.69, 9.17) is 11.6 Å². The molecule has 8 nitrogen and oxygen atoms in total. The highest BCUT2D eigenvalue weighted by Gasteiger charge is 2.37. The molecule has 41 heavy (non-hydrogen) atoms. The van der Waals surface area contributed by atoms with Gasteiger partial charge in [0.15, 0.2) is 17.2 Å². The highest BCUT2D eigenvalue weighted by molar-refractivity contribution is 6.30. The van der Waals surface area contributed by atoms with Crippen molar-refractivity contribution < 1.29 is 30.7 Å². The summed E-state index contributed by atoms with van der Waals surface area (Å²) in [6.07, 6.45) is -8.19. The number of hydrogen-bond acceptors (Lipinski definition) is 5. The van der Waals surface area contributed by atoms with Gasteiger partial charge in [-0.3, -0.25) is 9.78 Å². The molecule has 0 spiro atoms. The monoisotopic (exact) mass is 598 g/mol. The second-order valence-corrected chi connectivity index (χ2v) is 9.20. The first-order valence-electron chi connectivity index (χ1n) is 11.4. The van der Waals surface area contributed by atoms with Crippen molar-refractivity contribution >= 4 is 17.2 Å².